The van der Waals surface area contributed by atoms with E-state index in [1.807, 2.05) is 43.3 Å². The van der Waals surface area contributed by atoms with E-state index >= 15 is 0 Å². The first kappa shape index (κ1) is 19.7. The molecule has 0 fully saturated rings. The first-order valence-corrected chi connectivity index (χ1v) is 9.39. The van der Waals surface area contributed by atoms with Crippen LogP contribution in [-0.2, 0) is 6.54 Å². The van der Waals surface area contributed by atoms with Gasteiger partial charge in [0.05, 0.1) is 25.8 Å². The van der Waals surface area contributed by atoms with Gasteiger partial charge in [-0.3, -0.25) is 0 Å². The minimum absolute atomic E-state index is 0.0688. The summed E-state index contributed by atoms with van der Waals surface area (Å²) in [5.41, 5.74) is 2.74. The Morgan fingerprint density at radius 2 is 1.93 bits per heavy atom. The summed E-state index contributed by atoms with van der Waals surface area (Å²) in [6.45, 7) is 7.25. The average molecular weight is 382 g/mol. The van der Waals surface area contributed by atoms with Crippen molar-refractivity contribution in [3.63, 3.8) is 0 Å². The van der Waals surface area contributed by atoms with Gasteiger partial charge in [0.2, 0.25) is 5.88 Å². The van der Waals surface area contributed by atoms with Gasteiger partial charge in [-0.1, -0.05) is 31.5 Å². The summed E-state index contributed by atoms with van der Waals surface area (Å²) < 4.78 is 13.0. The topological polar surface area (TPSA) is 73.0 Å². The average Bonchev–Trinajstić information content (AvgIpc) is 2.92. The highest BCUT2D eigenvalue weighted by atomic mass is 16.5. The first-order chi connectivity index (χ1) is 13.4. The Morgan fingerprint density at radius 3 is 2.61 bits per heavy atom. The van der Waals surface area contributed by atoms with Crippen LogP contribution in [0.2, 0.25) is 0 Å². The van der Waals surface area contributed by atoms with Gasteiger partial charge < -0.3 is 19.1 Å². The van der Waals surface area contributed by atoms with Crippen LogP contribution in [0, 0.1) is 17.7 Å². The SMILES string of the molecule is COc1cc(Cn2c(O)c(N=O)c3cc(C)ccc32)ccc1OCCC(C)C. The van der Waals surface area contributed by atoms with Gasteiger partial charge in [0.25, 0.3) is 0 Å². The maximum absolute atomic E-state index is 11.3. The van der Waals surface area contributed by atoms with Crippen molar-refractivity contribution in [2.75, 3.05) is 13.7 Å². The van der Waals surface area contributed by atoms with Gasteiger partial charge >= 0.3 is 0 Å². The van der Waals surface area contributed by atoms with E-state index in [0.29, 0.717) is 36.0 Å². The third-order valence-electron chi connectivity index (χ3n) is 4.78. The lowest BCUT2D eigenvalue weighted by Gasteiger charge is -2.14. The van der Waals surface area contributed by atoms with Crippen molar-refractivity contribution >= 4 is 16.6 Å². The van der Waals surface area contributed by atoms with Crippen LogP contribution in [0.25, 0.3) is 10.9 Å². The Morgan fingerprint density at radius 1 is 1.14 bits per heavy atom. The van der Waals surface area contributed by atoms with Gasteiger partial charge in [0.1, 0.15) is 0 Å². The van der Waals surface area contributed by atoms with E-state index in [2.05, 4.69) is 19.0 Å². The number of hydrogen-bond donors (Lipinski definition) is 1. The van der Waals surface area contributed by atoms with Gasteiger partial charge in [0.15, 0.2) is 17.2 Å². The molecule has 0 unspecified atom stereocenters. The molecule has 0 aliphatic carbocycles. The Balaban J connectivity index is 1.92. The number of aromatic nitrogens is 1. The second-order valence-corrected chi connectivity index (χ2v) is 7.39. The van der Waals surface area contributed by atoms with Crippen molar-refractivity contribution in [1.82, 2.24) is 4.57 Å². The molecule has 0 atom stereocenters. The fraction of sp³-hybridized carbons (Fsp3) is 0.364. The number of methoxy groups -OCH3 is 1. The molecule has 0 bridgehead atoms. The van der Waals surface area contributed by atoms with Crippen LogP contribution in [0.5, 0.6) is 17.4 Å². The number of aromatic hydroxyl groups is 1. The predicted molar refractivity (Wildman–Crippen MR) is 111 cm³/mol. The van der Waals surface area contributed by atoms with Crippen LogP contribution in [0.1, 0.15) is 31.4 Å². The molecular formula is C22H26N2O4. The molecule has 1 aromatic heterocycles. The summed E-state index contributed by atoms with van der Waals surface area (Å²) >= 11 is 0. The van der Waals surface area contributed by atoms with Gasteiger partial charge in [-0.15, -0.1) is 4.91 Å². The molecule has 0 radical (unpaired) electrons. The molecule has 1 heterocycles. The highest BCUT2D eigenvalue weighted by Gasteiger charge is 2.18. The zero-order valence-corrected chi connectivity index (χ0v) is 16.7. The molecule has 28 heavy (non-hydrogen) atoms. The van der Waals surface area contributed by atoms with Gasteiger partial charge in [-0.2, -0.15) is 0 Å². The van der Waals surface area contributed by atoms with E-state index in [4.69, 9.17) is 9.47 Å². The number of benzene rings is 2. The van der Waals surface area contributed by atoms with Crippen LogP contribution in [0.3, 0.4) is 0 Å². The van der Waals surface area contributed by atoms with E-state index in [1.54, 1.807) is 11.7 Å². The van der Waals surface area contributed by atoms with E-state index in [-0.39, 0.29) is 11.6 Å². The third kappa shape index (κ3) is 3.96. The van der Waals surface area contributed by atoms with Gasteiger partial charge in [-0.25, -0.2) is 0 Å². The lowest BCUT2D eigenvalue weighted by atomic mass is 10.1. The number of hydrogen-bond acceptors (Lipinski definition) is 5. The summed E-state index contributed by atoms with van der Waals surface area (Å²) in [7, 11) is 1.61. The molecule has 0 amide bonds. The minimum atomic E-state index is -0.133. The second kappa shape index (κ2) is 8.33. The summed E-state index contributed by atoms with van der Waals surface area (Å²) in [6, 6.07) is 11.4. The molecule has 0 aliphatic rings. The molecular weight excluding hydrogens is 356 g/mol. The minimum Gasteiger partial charge on any atom is -0.493 e. The number of ether oxygens (including phenoxy) is 2. The molecule has 0 saturated heterocycles. The van der Waals surface area contributed by atoms with Crippen molar-refractivity contribution < 1.29 is 14.6 Å². The smallest absolute Gasteiger partial charge is 0.222 e. The molecule has 148 valence electrons. The van der Waals surface area contributed by atoms with Crippen LogP contribution in [-0.4, -0.2) is 23.4 Å². The van der Waals surface area contributed by atoms with Crippen molar-refractivity contribution in [3.8, 4) is 17.4 Å². The van der Waals surface area contributed by atoms with Gasteiger partial charge in [0, 0.05) is 5.39 Å². The molecule has 3 rings (SSSR count). The van der Waals surface area contributed by atoms with E-state index in [9.17, 15) is 10.0 Å². The number of rotatable bonds is 8. The fourth-order valence-electron chi connectivity index (χ4n) is 3.20. The monoisotopic (exact) mass is 382 g/mol. The molecule has 0 saturated carbocycles. The highest BCUT2D eigenvalue weighted by molar-refractivity contribution is 5.95. The van der Waals surface area contributed by atoms with E-state index in [1.165, 1.54) is 0 Å². The molecule has 2 aromatic carbocycles. The zero-order chi connectivity index (χ0) is 20.3. The highest BCUT2D eigenvalue weighted by Crippen LogP contribution is 2.39. The third-order valence-corrected chi connectivity index (χ3v) is 4.78. The van der Waals surface area contributed by atoms with Crippen LogP contribution in [0.4, 0.5) is 5.69 Å². The summed E-state index contributed by atoms with van der Waals surface area (Å²) in [6.07, 6.45) is 0.967. The first-order valence-electron chi connectivity index (χ1n) is 9.39. The van der Waals surface area contributed by atoms with Crippen molar-refractivity contribution in [1.29, 1.82) is 0 Å². The zero-order valence-electron chi connectivity index (χ0n) is 16.7. The Bertz CT molecular complexity index is 992. The number of aryl methyl sites for hydroxylation is 1. The summed E-state index contributed by atoms with van der Waals surface area (Å²) in [5.74, 6) is 1.77. The molecule has 6 nitrogen and oxygen atoms in total. The Kier molecular flexibility index (Phi) is 5.87. The van der Waals surface area contributed by atoms with Crippen LogP contribution < -0.4 is 9.47 Å². The lowest BCUT2D eigenvalue weighted by molar-refractivity contribution is 0.273. The molecule has 3 aromatic rings. The second-order valence-electron chi connectivity index (χ2n) is 7.39. The quantitative estimate of drug-likeness (QED) is 0.520. The van der Waals surface area contributed by atoms with Crippen LogP contribution >= 0.6 is 0 Å². The van der Waals surface area contributed by atoms with Crippen molar-refractivity contribution in [2.45, 2.75) is 33.7 Å². The molecule has 1 N–H and O–H groups in total. The van der Waals surface area contributed by atoms with E-state index < -0.39 is 0 Å². The summed E-state index contributed by atoms with van der Waals surface area (Å²) in [4.78, 5) is 11.3. The maximum atomic E-state index is 11.3. The number of nitrogens with zero attached hydrogens (tertiary/aromatic N) is 2. The maximum Gasteiger partial charge on any atom is 0.222 e. The molecule has 0 spiro atoms. The Labute approximate surface area is 164 Å². The normalized spacial score (nSPS) is 11.2. The number of nitroso groups, excluding NO2 is 1. The largest absolute Gasteiger partial charge is 0.493 e. The number of fused-ring (bicyclic) bond motifs is 1. The van der Waals surface area contributed by atoms with E-state index in [0.717, 1.165) is 23.1 Å². The molecule has 0 aliphatic heterocycles. The van der Waals surface area contributed by atoms with Crippen molar-refractivity contribution in [3.05, 3.63) is 52.4 Å². The lowest BCUT2D eigenvalue weighted by Crippen LogP contribution is -2.04. The predicted octanol–water partition coefficient (Wildman–Crippen LogP) is 5.54. The van der Waals surface area contributed by atoms with Gasteiger partial charge in [-0.05, 0) is 54.3 Å². The standard InChI is InChI=1S/C22H26N2O4/c1-14(2)9-10-28-19-8-6-16(12-20(19)27-4)13-24-18-7-5-15(3)11-17(18)21(23-26)22(24)25/h5-8,11-12,14,25H,9-10,13H2,1-4H3. The molecule has 6 heteroatoms. The van der Waals surface area contributed by atoms with Crippen LogP contribution in [0.15, 0.2) is 41.6 Å². The fourth-order valence-corrected chi connectivity index (χ4v) is 3.20. The summed E-state index contributed by atoms with van der Waals surface area (Å²) in [5, 5.41) is 14.2. The Hall–Kier alpha value is -3.02. The van der Waals surface area contributed by atoms with Crippen molar-refractivity contribution in [2.24, 2.45) is 11.1 Å².